The van der Waals surface area contributed by atoms with Crippen molar-refractivity contribution >= 4 is 11.6 Å². The van der Waals surface area contributed by atoms with Gasteiger partial charge in [-0.3, -0.25) is 0 Å². The highest BCUT2D eigenvalue weighted by Crippen LogP contribution is 2.22. The topological polar surface area (TPSA) is 21.3 Å². The van der Waals surface area contributed by atoms with Gasteiger partial charge in [0.05, 0.1) is 0 Å². The molecule has 3 heteroatoms. The number of benzene rings is 1. The van der Waals surface area contributed by atoms with Gasteiger partial charge in [-0.15, -0.1) is 0 Å². The summed E-state index contributed by atoms with van der Waals surface area (Å²) in [4.78, 5) is 0. The maximum absolute atomic E-state index is 6.06. The Bertz CT molecular complexity index is 377. The van der Waals surface area contributed by atoms with Gasteiger partial charge < -0.3 is 10.1 Å². The Hall–Kier alpha value is -0.570. The van der Waals surface area contributed by atoms with Crippen molar-refractivity contribution in [3.63, 3.8) is 0 Å². The Balaban J connectivity index is 1.91. The lowest BCUT2D eigenvalue weighted by molar-refractivity contribution is 0.0606. The van der Waals surface area contributed by atoms with Gasteiger partial charge in [-0.1, -0.05) is 30.7 Å². The van der Waals surface area contributed by atoms with Crippen LogP contribution in [0.15, 0.2) is 24.3 Å². The van der Waals surface area contributed by atoms with Crippen molar-refractivity contribution in [2.75, 3.05) is 19.8 Å². The molecule has 1 N–H and O–H groups in total. The normalized spacial score (nSPS) is 18.4. The van der Waals surface area contributed by atoms with Crippen LogP contribution in [0.4, 0.5) is 0 Å². The SMILES string of the molecule is CCNC(Cc1cccc(Cl)c1)CC1CCOCC1. The van der Waals surface area contributed by atoms with Crippen molar-refractivity contribution in [3.05, 3.63) is 34.9 Å². The van der Waals surface area contributed by atoms with E-state index in [1.54, 1.807) is 0 Å². The monoisotopic (exact) mass is 281 g/mol. The zero-order valence-electron chi connectivity index (χ0n) is 11.7. The van der Waals surface area contributed by atoms with Gasteiger partial charge in [-0.25, -0.2) is 0 Å². The molecule has 0 bridgehead atoms. The average molecular weight is 282 g/mol. The zero-order chi connectivity index (χ0) is 13.5. The molecule has 1 saturated heterocycles. The molecule has 2 rings (SSSR count). The fourth-order valence-corrected chi connectivity index (χ4v) is 3.07. The molecule has 1 aromatic carbocycles. The van der Waals surface area contributed by atoms with E-state index in [1.165, 1.54) is 24.8 Å². The van der Waals surface area contributed by atoms with Crippen LogP contribution in [0.5, 0.6) is 0 Å². The third-order valence-electron chi connectivity index (χ3n) is 3.82. The molecule has 0 amide bonds. The molecule has 0 radical (unpaired) electrons. The highest BCUT2D eigenvalue weighted by Gasteiger charge is 2.19. The summed E-state index contributed by atoms with van der Waals surface area (Å²) < 4.78 is 5.44. The second kappa shape index (κ2) is 7.88. The maximum atomic E-state index is 6.06. The van der Waals surface area contributed by atoms with Gasteiger partial charge in [0.25, 0.3) is 0 Å². The molecule has 1 aliphatic heterocycles. The molecule has 0 aliphatic carbocycles. The molecule has 2 nitrogen and oxygen atoms in total. The molecular formula is C16H24ClNO. The first-order valence-electron chi connectivity index (χ1n) is 7.33. The molecule has 1 fully saturated rings. The summed E-state index contributed by atoms with van der Waals surface area (Å²) >= 11 is 6.06. The summed E-state index contributed by atoms with van der Waals surface area (Å²) in [7, 11) is 0. The Morgan fingerprint density at radius 2 is 2.16 bits per heavy atom. The predicted molar refractivity (Wildman–Crippen MR) is 80.8 cm³/mol. The van der Waals surface area contributed by atoms with Crippen molar-refractivity contribution < 1.29 is 4.74 Å². The first kappa shape index (κ1) is 14.8. The van der Waals surface area contributed by atoms with Gasteiger partial charge in [0.1, 0.15) is 0 Å². The molecule has 1 aliphatic rings. The minimum atomic E-state index is 0.548. The van der Waals surface area contributed by atoms with Gasteiger partial charge >= 0.3 is 0 Å². The summed E-state index contributed by atoms with van der Waals surface area (Å²) in [6, 6.07) is 8.77. The van der Waals surface area contributed by atoms with E-state index >= 15 is 0 Å². The Morgan fingerprint density at radius 1 is 1.37 bits per heavy atom. The van der Waals surface area contributed by atoms with Crippen molar-refractivity contribution in [1.29, 1.82) is 0 Å². The molecular weight excluding hydrogens is 258 g/mol. The van der Waals surface area contributed by atoms with Crippen LogP contribution < -0.4 is 5.32 Å². The minimum absolute atomic E-state index is 0.548. The fourth-order valence-electron chi connectivity index (χ4n) is 2.86. The van der Waals surface area contributed by atoms with E-state index in [9.17, 15) is 0 Å². The Labute approximate surface area is 121 Å². The zero-order valence-corrected chi connectivity index (χ0v) is 12.5. The number of halogens is 1. The molecule has 1 aromatic rings. The Kier molecular flexibility index (Phi) is 6.15. The van der Waals surface area contributed by atoms with Crippen LogP contribution in [0.3, 0.4) is 0 Å². The lowest BCUT2D eigenvalue weighted by atomic mass is 9.90. The lowest BCUT2D eigenvalue weighted by Gasteiger charge is -2.27. The second-order valence-electron chi connectivity index (χ2n) is 5.38. The quantitative estimate of drug-likeness (QED) is 0.859. The van der Waals surface area contributed by atoms with Crippen LogP contribution in [0, 0.1) is 5.92 Å². The smallest absolute Gasteiger partial charge is 0.0468 e. The molecule has 1 unspecified atom stereocenters. The van der Waals surface area contributed by atoms with Gasteiger partial charge in [0.2, 0.25) is 0 Å². The first-order valence-corrected chi connectivity index (χ1v) is 7.71. The van der Waals surface area contributed by atoms with Crippen LogP contribution in [0.25, 0.3) is 0 Å². The van der Waals surface area contributed by atoms with Gasteiger partial charge in [0, 0.05) is 24.3 Å². The Morgan fingerprint density at radius 3 is 2.84 bits per heavy atom. The first-order chi connectivity index (χ1) is 9.28. The molecule has 106 valence electrons. The minimum Gasteiger partial charge on any atom is -0.381 e. The predicted octanol–water partition coefficient (Wildman–Crippen LogP) is 3.68. The lowest BCUT2D eigenvalue weighted by Crippen LogP contribution is -2.34. The standard InChI is InChI=1S/C16H24ClNO/c1-2-18-16(11-13-6-8-19-9-7-13)12-14-4-3-5-15(17)10-14/h3-5,10,13,16,18H,2,6-9,11-12H2,1H3. The van der Waals surface area contributed by atoms with Crippen molar-refractivity contribution in [1.82, 2.24) is 5.32 Å². The molecule has 1 heterocycles. The van der Waals surface area contributed by atoms with Gasteiger partial charge in [-0.2, -0.15) is 0 Å². The molecule has 0 spiro atoms. The third-order valence-corrected chi connectivity index (χ3v) is 4.06. The van der Waals surface area contributed by atoms with Gasteiger partial charge in [0.15, 0.2) is 0 Å². The van der Waals surface area contributed by atoms with E-state index in [0.717, 1.165) is 37.1 Å². The van der Waals surface area contributed by atoms with Crippen LogP contribution in [0.1, 0.15) is 31.7 Å². The number of ether oxygens (including phenoxy) is 1. The maximum Gasteiger partial charge on any atom is 0.0468 e. The molecule has 19 heavy (non-hydrogen) atoms. The van der Waals surface area contributed by atoms with Crippen LogP contribution in [-0.2, 0) is 11.2 Å². The summed E-state index contributed by atoms with van der Waals surface area (Å²) in [6.45, 7) is 5.06. The third kappa shape index (κ3) is 5.13. The van der Waals surface area contributed by atoms with Crippen molar-refractivity contribution in [2.45, 2.75) is 38.6 Å². The number of hydrogen-bond acceptors (Lipinski definition) is 2. The van der Waals surface area contributed by atoms with Crippen LogP contribution in [0.2, 0.25) is 5.02 Å². The molecule has 1 atom stereocenters. The van der Waals surface area contributed by atoms with E-state index in [-0.39, 0.29) is 0 Å². The average Bonchev–Trinajstić information content (AvgIpc) is 2.40. The number of nitrogens with one attached hydrogen (secondary N) is 1. The van der Waals surface area contributed by atoms with E-state index in [2.05, 4.69) is 24.4 Å². The van der Waals surface area contributed by atoms with Crippen LogP contribution >= 0.6 is 11.6 Å². The van der Waals surface area contributed by atoms with Gasteiger partial charge in [-0.05, 0) is 55.8 Å². The summed E-state index contributed by atoms with van der Waals surface area (Å²) in [6.07, 6.45) is 4.71. The summed E-state index contributed by atoms with van der Waals surface area (Å²) in [5.74, 6) is 0.803. The second-order valence-corrected chi connectivity index (χ2v) is 5.82. The van der Waals surface area contributed by atoms with Crippen molar-refractivity contribution in [2.24, 2.45) is 5.92 Å². The van der Waals surface area contributed by atoms with Crippen LogP contribution in [-0.4, -0.2) is 25.8 Å². The largest absolute Gasteiger partial charge is 0.381 e. The van der Waals surface area contributed by atoms with E-state index in [4.69, 9.17) is 16.3 Å². The van der Waals surface area contributed by atoms with E-state index in [0.29, 0.717) is 6.04 Å². The highest BCUT2D eigenvalue weighted by atomic mass is 35.5. The van der Waals surface area contributed by atoms with Crippen molar-refractivity contribution in [3.8, 4) is 0 Å². The number of rotatable bonds is 6. The number of likely N-dealkylation sites (N-methyl/N-ethyl adjacent to an activating group) is 1. The van der Waals surface area contributed by atoms with E-state index < -0.39 is 0 Å². The number of hydrogen-bond donors (Lipinski definition) is 1. The summed E-state index contributed by atoms with van der Waals surface area (Å²) in [5, 5.41) is 4.45. The summed E-state index contributed by atoms with van der Waals surface area (Å²) in [5.41, 5.74) is 1.32. The molecule has 0 saturated carbocycles. The highest BCUT2D eigenvalue weighted by molar-refractivity contribution is 6.30. The molecule has 0 aromatic heterocycles. The van der Waals surface area contributed by atoms with E-state index in [1.807, 2.05) is 12.1 Å². The fraction of sp³-hybridized carbons (Fsp3) is 0.625.